The van der Waals surface area contributed by atoms with Crippen molar-refractivity contribution in [3.05, 3.63) is 59.7 Å². The van der Waals surface area contributed by atoms with E-state index in [4.69, 9.17) is 9.72 Å². The minimum Gasteiger partial charge on any atom is -0.493 e. The molecule has 0 spiro atoms. The number of benzene rings is 2. The van der Waals surface area contributed by atoms with Crippen molar-refractivity contribution in [2.75, 3.05) is 11.9 Å². The minimum absolute atomic E-state index is 0.261. The number of amides is 1. The van der Waals surface area contributed by atoms with E-state index in [-0.39, 0.29) is 5.91 Å². The highest BCUT2D eigenvalue weighted by atomic mass is 16.5. The number of para-hydroxylation sites is 1. The van der Waals surface area contributed by atoms with E-state index in [1.807, 2.05) is 57.3 Å². The second-order valence-electron chi connectivity index (χ2n) is 6.41. The molecule has 27 heavy (non-hydrogen) atoms. The van der Waals surface area contributed by atoms with Gasteiger partial charge < -0.3 is 10.1 Å². The van der Waals surface area contributed by atoms with Crippen LogP contribution in [0.5, 0.6) is 5.75 Å². The molecule has 0 aliphatic rings. The van der Waals surface area contributed by atoms with Crippen LogP contribution in [0.4, 0.5) is 5.82 Å². The largest absolute Gasteiger partial charge is 0.493 e. The maximum Gasteiger partial charge on any atom is 0.260 e. The van der Waals surface area contributed by atoms with Crippen LogP contribution >= 0.6 is 0 Å². The Morgan fingerprint density at radius 2 is 2.00 bits per heavy atom. The first kappa shape index (κ1) is 17.0. The zero-order valence-electron chi connectivity index (χ0n) is 15.5. The van der Waals surface area contributed by atoms with E-state index in [1.54, 1.807) is 16.8 Å². The van der Waals surface area contributed by atoms with Gasteiger partial charge in [-0.1, -0.05) is 24.3 Å². The Balaban J connectivity index is 1.76. The van der Waals surface area contributed by atoms with E-state index < -0.39 is 0 Å². The number of hydrogen-bond donors (Lipinski definition) is 1. The number of anilines is 1. The number of carbonyl (C=O) groups is 1. The average molecular weight is 360 g/mol. The van der Waals surface area contributed by atoms with Crippen LogP contribution in [0.15, 0.2) is 48.5 Å². The first-order valence-electron chi connectivity index (χ1n) is 8.84. The molecule has 4 aromatic rings. The fourth-order valence-electron chi connectivity index (χ4n) is 3.14. The summed E-state index contributed by atoms with van der Waals surface area (Å²) in [4.78, 5) is 17.5. The summed E-state index contributed by atoms with van der Waals surface area (Å²) in [6.45, 7) is 4.42. The summed E-state index contributed by atoms with van der Waals surface area (Å²) in [6, 6.07) is 15.3. The summed E-state index contributed by atoms with van der Waals surface area (Å²) in [7, 11) is 1.82. The average Bonchev–Trinajstić information content (AvgIpc) is 2.95. The van der Waals surface area contributed by atoms with Crippen LogP contribution in [0, 0.1) is 6.92 Å². The minimum atomic E-state index is -0.261. The molecule has 4 rings (SSSR count). The molecular weight excluding hydrogens is 340 g/mol. The maximum absolute atomic E-state index is 12.8. The number of nitrogens with one attached hydrogen (secondary N) is 1. The molecule has 6 heteroatoms. The predicted molar refractivity (Wildman–Crippen MR) is 106 cm³/mol. The van der Waals surface area contributed by atoms with Gasteiger partial charge in [0.05, 0.1) is 23.1 Å². The van der Waals surface area contributed by atoms with E-state index in [1.165, 1.54) is 0 Å². The smallest absolute Gasteiger partial charge is 0.260 e. The summed E-state index contributed by atoms with van der Waals surface area (Å²) in [5.41, 5.74) is 3.26. The number of nitrogens with zero attached hydrogens (tertiary/aromatic N) is 3. The molecule has 2 aromatic heterocycles. The topological polar surface area (TPSA) is 69.0 Å². The molecule has 0 unspecified atom stereocenters. The number of carbonyl (C=O) groups excluding carboxylic acids is 1. The molecular formula is C21H20N4O2. The van der Waals surface area contributed by atoms with Gasteiger partial charge in [-0.3, -0.25) is 4.79 Å². The highest BCUT2D eigenvalue weighted by Gasteiger charge is 2.17. The number of rotatable bonds is 4. The van der Waals surface area contributed by atoms with Gasteiger partial charge in [-0.25, -0.2) is 9.67 Å². The van der Waals surface area contributed by atoms with E-state index >= 15 is 0 Å². The van der Waals surface area contributed by atoms with Crippen LogP contribution in [0.1, 0.15) is 22.8 Å². The molecule has 0 aliphatic carbocycles. The van der Waals surface area contributed by atoms with Crippen LogP contribution in [0.3, 0.4) is 0 Å². The quantitative estimate of drug-likeness (QED) is 0.595. The van der Waals surface area contributed by atoms with E-state index in [2.05, 4.69) is 10.4 Å². The van der Waals surface area contributed by atoms with Crippen molar-refractivity contribution in [1.29, 1.82) is 0 Å². The van der Waals surface area contributed by atoms with Crippen molar-refractivity contribution in [3.8, 4) is 5.75 Å². The monoisotopic (exact) mass is 360 g/mol. The molecule has 136 valence electrons. The van der Waals surface area contributed by atoms with Crippen molar-refractivity contribution in [2.24, 2.45) is 7.05 Å². The third-order valence-electron chi connectivity index (χ3n) is 4.43. The number of pyridine rings is 1. The van der Waals surface area contributed by atoms with Gasteiger partial charge in [-0.2, -0.15) is 5.10 Å². The third-order valence-corrected chi connectivity index (χ3v) is 4.43. The second-order valence-corrected chi connectivity index (χ2v) is 6.41. The molecule has 6 nitrogen and oxygen atoms in total. The van der Waals surface area contributed by atoms with Gasteiger partial charge in [0, 0.05) is 12.4 Å². The van der Waals surface area contributed by atoms with E-state index in [0.717, 1.165) is 27.5 Å². The SMILES string of the molecule is CCOc1ccccc1C(=O)Nc1nn(C)c2nc3cc(C)ccc3cc12. The highest BCUT2D eigenvalue weighted by Crippen LogP contribution is 2.27. The van der Waals surface area contributed by atoms with Gasteiger partial charge >= 0.3 is 0 Å². The van der Waals surface area contributed by atoms with Crippen molar-refractivity contribution in [1.82, 2.24) is 14.8 Å². The Morgan fingerprint density at radius 3 is 2.81 bits per heavy atom. The molecule has 0 radical (unpaired) electrons. The number of aromatic nitrogens is 3. The van der Waals surface area contributed by atoms with Gasteiger partial charge in [-0.05, 0) is 43.7 Å². The first-order valence-corrected chi connectivity index (χ1v) is 8.84. The molecule has 1 amide bonds. The molecule has 2 aromatic carbocycles. The first-order chi connectivity index (χ1) is 13.1. The van der Waals surface area contributed by atoms with Crippen LogP contribution in [0.25, 0.3) is 21.9 Å². The number of aryl methyl sites for hydroxylation is 2. The van der Waals surface area contributed by atoms with Crippen LogP contribution in [-0.2, 0) is 7.05 Å². The molecule has 0 aliphatic heterocycles. The lowest BCUT2D eigenvalue weighted by Gasteiger charge is -2.09. The van der Waals surface area contributed by atoms with E-state index in [0.29, 0.717) is 23.7 Å². The zero-order valence-corrected chi connectivity index (χ0v) is 15.5. The fourth-order valence-corrected chi connectivity index (χ4v) is 3.14. The predicted octanol–water partition coefficient (Wildman–Crippen LogP) is 4.08. The van der Waals surface area contributed by atoms with Gasteiger partial charge in [0.25, 0.3) is 5.91 Å². The summed E-state index contributed by atoms with van der Waals surface area (Å²) in [5, 5.41) is 9.17. The Kier molecular flexibility index (Phi) is 4.24. The zero-order chi connectivity index (χ0) is 19.0. The number of ether oxygens (including phenoxy) is 1. The summed E-state index contributed by atoms with van der Waals surface area (Å²) in [6.07, 6.45) is 0. The standard InChI is InChI=1S/C21H20N4O2/c1-4-27-18-8-6-5-7-15(18)21(26)23-19-16-12-14-10-9-13(2)11-17(14)22-20(16)25(3)24-19/h5-12H,4H2,1-3H3,(H,23,24,26). The van der Waals surface area contributed by atoms with Crippen molar-refractivity contribution in [2.45, 2.75) is 13.8 Å². The maximum atomic E-state index is 12.8. The molecule has 0 saturated heterocycles. The van der Waals surface area contributed by atoms with Crippen LogP contribution in [-0.4, -0.2) is 27.3 Å². The summed E-state index contributed by atoms with van der Waals surface area (Å²) < 4.78 is 7.24. The second kappa shape index (κ2) is 6.72. The number of hydrogen-bond acceptors (Lipinski definition) is 4. The Hall–Kier alpha value is -3.41. The summed E-state index contributed by atoms with van der Waals surface area (Å²) >= 11 is 0. The van der Waals surface area contributed by atoms with Crippen molar-refractivity contribution < 1.29 is 9.53 Å². The van der Waals surface area contributed by atoms with Gasteiger partial charge in [0.2, 0.25) is 0 Å². The fraction of sp³-hybridized carbons (Fsp3) is 0.190. The molecule has 0 fully saturated rings. The Morgan fingerprint density at radius 1 is 1.19 bits per heavy atom. The normalized spacial score (nSPS) is 11.1. The van der Waals surface area contributed by atoms with Crippen molar-refractivity contribution >= 4 is 33.7 Å². The third kappa shape index (κ3) is 3.10. The summed E-state index contributed by atoms with van der Waals surface area (Å²) in [5.74, 6) is 0.776. The van der Waals surface area contributed by atoms with Crippen molar-refractivity contribution in [3.63, 3.8) is 0 Å². The Labute approximate surface area is 156 Å². The lowest BCUT2D eigenvalue weighted by atomic mass is 10.1. The molecule has 0 atom stereocenters. The van der Waals surface area contributed by atoms with E-state index in [9.17, 15) is 4.79 Å². The lowest BCUT2D eigenvalue weighted by Crippen LogP contribution is -2.14. The molecule has 1 N–H and O–H groups in total. The Bertz CT molecular complexity index is 1160. The highest BCUT2D eigenvalue weighted by molar-refractivity contribution is 6.10. The molecule has 0 bridgehead atoms. The lowest BCUT2D eigenvalue weighted by molar-refractivity contribution is 0.102. The molecule has 0 saturated carbocycles. The van der Waals surface area contributed by atoms with Gasteiger partial charge in [0.15, 0.2) is 11.5 Å². The van der Waals surface area contributed by atoms with Crippen LogP contribution < -0.4 is 10.1 Å². The molecule has 2 heterocycles. The van der Waals surface area contributed by atoms with Gasteiger partial charge in [0.1, 0.15) is 5.75 Å². The van der Waals surface area contributed by atoms with Gasteiger partial charge in [-0.15, -0.1) is 0 Å². The number of fused-ring (bicyclic) bond motifs is 2. The van der Waals surface area contributed by atoms with Crippen LogP contribution in [0.2, 0.25) is 0 Å².